The summed E-state index contributed by atoms with van der Waals surface area (Å²) < 4.78 is 4.30. The Kier molecular flexibility index (Phi) is 4.68. The van der Waals surface area contributed by atoms with Crippen molar-refractivity contribution in [2.45, 2.75) is 52.0 Å². The van der Waals surface area contributed by atoms with Crippen LogP contribution in [0.15, 0.2) is 0 Å². The highest BCUT2D eigenvalue weighted by Crippen LogP contribution is 2.24. The van der Waals surface area contributed by atoms with Gasteiger partial charge < -0.3 is 10.4 Å². The summed E-state index contributed by atoms with van der Waals surface area (Å²) in [6, 6.07) is 0. The third kappa shape index (κ3) is 3.42. The van der Waals surface area contributed by atoms with Gasteiger partial charge in [-0.15, -0.1) is 0 Å². The maximum atomic E-state index is 9.03. The van der Waals surface area contributed by atoms with Crippen LogP contribution in [0.25, 0.3) is 0 Å². The average Bonchev–Trinajstić information content (AvgIpc) is 2.66. The third-order valence-corrected chi connectivity index (χ3v) is 3.46. The van der Waals surface area contributed by atoms with Gasteiger partial charge >= 0.3 is 0 Å². The Bertz CT molecular complexity index is 327. The third-order valence-electron chi connectivity index (χ3n) is 2.81. The molecule has 0 saturated carbocycles. The number of hydrogen-bond acceptors (Lipinski definition) is 5. The first-order valence-corrected chi connectivity index (χ1v) is 6.50. The zero-order valence-corrected chi connectivity index (χ0v) is 11.3. The molecule has 0 aromatic carbocycles. The molecule has 0 bridgehead atoms. The zero-order chi connectivity index (χ0) is 12.2. The molecule has 1 rings (SSSR count). The highest BCUT2D eigenvalue weighted by Gasteiger charge is 2.22. The molecule has 0 aliphatic rings. The lowest BCUT2D eigenvalue weighted by atomic mass is 9.95. The van der Waals surface area contributed by atoms with E-state index in [1.165, 1.54) is 11.5 Å². The maximum absolute atomic E-state index is 9.03. The number of nitrogens with one attached hydrogen (secondary N) is 1. The van der Waals surface area contributed by atoms with E-state index in [1.807, 2.05) is 0 Å². The second-order valence-electron chi connectivity index (χ2n) is 4.63. The molecule has 92 valence electrons. The summed E-state index contributed by atoms with van der Waals surface area (Å²) in [5.74, 6) is 1.24. The van der Waals surface area contributed by atoms with Crippen LogP contribution in [0.1, 0.15) is 52.3 Å². The summed E-state index contributed by atoms with van der Waals surface area (Å²) in [7, 11) is 0. The van der Waals surface area contributed by atoms with Crippen molar-refractivity contribution in [3.05, 3.63) is 5.82 Å². The minimum Gasteiger partial charge on any atom is -0.396 e. The first-order valence-electron chi connectivity index (χ1n) is 5.73. The Morgan fingerprint density at radius 3 is 2.62 bits per heavy atom. The Balaban J connectivity index is 2.70. The lowest BCUT2D eigenvalue weighted by molar-refractivity contribution is 0.252. The van der Waals surface area contributed by atoms with Crippen LogP contribution in [0, 0.1) is 0 Å². The SMILES string of the molecule is CCC(C)(CCO)Nc1nc(C(C)C)ns1. The molecule has 0 amide bonds. The van der Waals surface area contributed by atoms with Crippen molar-refractivity contribution >= 4 is 16.7 Å². The standard InChI is InChI=1S/C11H21N3OS/c1-5-11(4,6-7-15)13-10-12-9(8(2)3)14-16-10/h8,15H,5-7H2,1-4H3,(H,12,13,14). The highest BCUT2D eigenvalue weighted by molar-refractivity contribution is 7.09. The summed E-state index contributed by atoms with van der Waals surface area (Å²) in [5.41, 5.74) is -0.0947. The summed E-state index contributed by atoms with van der Waals surface area (Å²) in [6.45, 7) is 8.55. The van der Waals surface area contributed by atoms with E-state index in [-0.39, 0.29) is 12.1 Å². The fraction of sp³-hybridized carbons (Fsp3) is 0.818. The van der Waals surface area contributed by atoms with E-state index in [1.54, 1.807) is 0 Å². The summed E-state index contributed by atoms with van der Waals surface area (Å²) >= 11 is 1.39. The van der Waals surface area contributed by atoms with Crippen LogP contribution in [-0.2, 0) is 0 Å². The van der Waals surface area contributed by atoms with Gasteiger partial charge in [-0.25, -0.2) is 4.98 Å². The van der Waals surface area contributed by atoms with E-state index in [2.05, 4.69) is 42.4 Å². The monoisotopic (exact) mass is 243 g/mol. The lowest BCUT2D eigenvalue weighted by Gasteiger charge is -2.28. The number of anilines is 1. The number of aromatic nitrogens is 2. The van der Waals surface area contributed by atoms with Crippen LogP contribution >= 0.6 is 11.5 Å². The molecular formula is C11H21N3OS. The van der Waals surface area contributed by atoms with Gasteiger partial charge in [-0.2, -0.15) is 4.37 Å². The quantitative estimate of drug-likeness (QED) is 0.806. The minimum absolute atomic E-state index is 0.0947. The minimum atomic E-state index is -0.0947. The molecule has 1 atom stereocenters. The fourth-order valence-electron chi connectivity index (χ4n) is 1.35. The number of hydrogen-bond donors (Lipinski definition) is 2. The van der Waals surface area contributed by atoms with Gasteiger partial charge in [-0.3, -0.25) is 0 Å². The van der Waals surface area contributed by atoms with E-state index >= 15 is 0 Å². The molecule has 5 heteroatoms. The Labute approximate surface area is 101 Å². The van der Waals surface area contributed by atoms with Crippen LogP contribution in [0.2, 0.25) is 0 Å². The second kappa shape index (κ2) is 5.59. The van der Waals surface area contributed by atoms with Gasteiger partial charge in [0.05, 0.1) is 0 Å². The van der Waals surface area contributed by atoms with Gasteiger partial charge in [0.2, 0.25) is 5.13 Å². The topological polar surface area (TPSA) is 58.0 Å². The Hall–Kier alpha value is -0.680. The van der Waals surface area contributed by atoms with Crippen molar-refractivity contribution in [3.8, 4) is 0 Å². The average molecular weight is 243 g/mol. The molecule has 0 fully saturated rings. The van der Waals surface area contributed by atoms with E-state index in [0.717, 1.165) is 23.8 Å². The van der Waals surface area contributed by atoms with Gasteiger partial charge in [0.25, 0.3) is 0 Å². The second-order valence-corrected chi connectivity index (χ2v) is 5.38. The van der Waals surface area contributed by atoms with Crippen LogP contribution in [0.3, 0.4) is 0 Å². The predicted octanol–water partition coefficient (Wildman–Crippen LogP) is 2.62. The molecule has 4 nitrogen and oxygen atoms in total. The molecule has 0 saturated heterocycles. The molecule has 16 heavy (non-hydrogen) atoms. The molecule has 0 radical (unpaired) electrons. The molecule has 0 aliphatic carbocycles. The fourth-order valence-corrected chi connectivity index (χ4v) is 2.21. The van der Waals surface area contributed by atoms with Crippen molar-refractivity contribution in [2.24, 2.45) is 0 Å². The highest BCUT2D eigenvalue weighted by atomic mass is 32.1. The van der Waals surface area contributed by atoms with E-state index in [9.17, 15) is 0 Å². The zero-order valence-electron chi connectivity index (χ0n) is 10.4. The maximum Gasteiger partial charge on any atom is 0.203 e. The van der Waals surface area contributed by atoms with Crippen molar-refractivity contribution in [3.63, 3.8) is 0 Å². The largest absolute Gasteiger partial charge is 0.396 e. The van der Waals surface area contributed by atoms with Crippen molar-refractivity contribution in [2.75, 3.05) is 11.9 Å². The van der Waals surface area contributed by atoms with Crippen molar-refractivity contribution in [1.82, 2.24) is 9.36 Å². The molecule has 0 spiro atoms. The molecule has 1 aromatic heterocycles. The van der Waals surface area contributed by atoms with Crippen LogP contribution in [0.4, 0.5) is 5.13 Å². The van der Waals surface area contributed by atoms with E-state index < -0.39 is 0 Å². The van der Waals surface area contributed by atoms with Crippen LogP contribution in [-0.4, -0.2) is 26.6 Å². The summed E-state index contributed by atoms with van der Waals surface area (Å²) in [6.07, 6.45) is 1.67. The first-order chi connectivity index (χ1) is 7.50. The van der Waals surface area contributed by atoms with E-state index in [4.69, 9.17) is 5.11 Å². The van der Waals surface area contributed by atoms with E-state index in [0.29, 0.717) is 5.92 Å². The molecule has 0 aliphatic heterocycles. The lowest BCUT2D eigenvalue weighted by Crippen LogP contribution is -2.34. The smallest absolute Gasteiger partial charge is 0.203 e. The van der Waals surface area contributed by atoms with Gasteiger partial charge in [0, 0.05) is 29.6 Å². The van der Waals surface area contributed by atoms with Crippen LogP contribution < -0.4 is 5.32 Å². The molecule has 1 unspecified atom stereocenters. The van der Waals surface area contributed by atoms with Gasteiger partial charge in [-0.1, -0.05) is 20.8 Å². The number of aliphatic hydroxyl groups is 1. The summed E-state index contributed by atoms with van der Waals surface area (Å²) in [4.78, 5) is 4.44. The molecule has 1 aromatic rings. The Morgan fingerprint density at radius 2 is 2.19 bits per heavy atom. The van der Waals surface area contributed by atoms with Crippen LogP contribution in [0.5, 0.6) is 0 Å². The predicted molar refractivity (Wildman–Crippen MR) is 68.0 cm³/mol. The molecular weight excluding hydrogens is 222 g/mol. The van der Waals surface area contributed by atoms with Gasteiger partial charge in [0.1, 0.15) is 5.82 Å². The number of rotatable bonds is 6. The molecule has 2 N–H and O–H groups in total. The summed E-state index contributed by atoms with van der Waals surface area (Å²) in [5, 5.41) is 13.2. The number of aliphatic hydroxyl groups excluding tert-OH is 1. The first kappa shape index (κ1) is 13.4. The number of nitrogens with zero attached hydrogens (tertiary/aromatic N) is 2. The van der Waals surface area contributed by atoms with Crippen molar-refractivity contribution in [1.29, 1.82) is 0 Å². The molecule has 1 heterocycles. The normalized spacial score (nSPS) is 15.1. The van der Waals surface area contributed by atoms with Gasteiger partial charge in [-0.05, 0) is 19.8 Å². The van der Waals surface area contributed by atoms with Crippen molar-refractivity contribution < 1.29 is 5.11 Å². The Morgan fingerprint density at radius 1 is 1.50 bits per heavy atom. The van der Waals surface area contributed by atoms with Gasteiger partial charge in [0.15, 0.2) is 0 Å².